The Labute approximate surface area is 161 Å². The van der Waals surface area contributed by atoms with Crippen LogP contribution in [0.25, 0.3) is 16.2 Å². The number of benzene rings is 1. The van der Waals surface area contributed by atoms with Gasteiger partial charge in [-0.3, -0.25) is 9.20 Å². The highest BCUT2D eigenvalue weighted by Gasteiger charge is 2.13. The number of hydrogen-bond acceptors (Lipinski definition) is 6. The summed E-state index contributed by atoms with van der Waals surface area (Å²) in [4.78, 5) is 24.4. The van der Waals surface area contributed by atoms with Gasteiger partial charge in [0.25, 0.3) is 0 Å². The molecule has 3 aromatic heterocycles. The number of thiophene rings is 1. The van der Waals surface area contributed by atoms with Crippen molar-refractivity contribution in [2.75, 3.05) is 24.3 Å². The second-order valence-electron chi connectivity index (χ2n) is 6.40. The van der Waals surface area contributed by atoms with Gasteiger partial charge in [0.1, 0.15) is 0 Å². The average Bonchev–Trinajstić information content (AvgIpc) is 3.29. The molecule has 4 aromatic rings. The molecule has 1 N–H and O–H groups in total. The zero-order chi connectivity index (χ0) is 19.0. The average molecular weight is 377 g/mol. The first kappa shape index (κ1) is 17.2. The van der Waals surface area contributed by atoms with E-state index < -0.39 is 0 Å². The number of hydrogen-bond donors (Lipinski definition) is 1. The number of imidazole rings is 1. The summed E-state index contributed by atoms with van der Waals surface area (Å²) in [5, 5.41) is 3.36. The van der Waals surface area contributed by atoms with Crippen LogP contribution in [0.4, 0.5) is 17.2 Å². The number of Topliss-reactive ketones (excluding diaryl/α,β-unsaturated/α-hetero) is 1. The first-order valence-electron chi connectivity index (χ1n) is 8.50. The lowest BCUT2D eigenvalue weighted by Crippen LogP contribution is -2.08. The van der Waals surface area contributed by atoms with Gasteiger partial charge >= 0.3 is 0 Å². The molecule has 0 aliphatic carbocycles. The number of aromatic nitrogens is 3. The van der Waals surface area contributed by atoms with Crippen molar-refractivity contribution in [2.24, 2.45) is 0 Å². The molecule has 4 rings (SSSR count). The lowest BCUT2D eigenvalue weighted by Gasteiger charge is -2.14. The minimum Gasteiger partial charge on any atom is -0.378 e. The summed E-state index contributed by atoms with van der Waals surface area (Å²) in [5.74, 6) is 0.757. The molecular weight excluding hydrogens is 358 g/mol. The maximum Gasteiger partial charge on any atom is 0.180 e. The number of rotatable bonds is 5. The van der Waals surface area contributed by atoms with Crippen LogP contribution in [0.2, 0.25) is 0 Å². The SMILES string of the molecule is CC(=O)c1ccc(-c2cnc3c(Nc4cccc(N(C)C)c4)nccn23)s1. The van der Waals surface area contributed by atoms with E-state index >= 15 is 0 Å². The highest BCUT2D eigenvalue weighted by molar-refractivity contribution is 7.17. The molecule has 0 spiro atoms. The van der Waals surface area contributed by atoms with Crippen LogP contribution in [0.1, 0.15) is 16.6 Å². The van der Waals surface area contributed by atoms with Gasteiger partial charge in [-0.05, 0) is 37.3 Å². The molecule has 0 saturated carbocycles. The lowest BCUT2D eigenvalue weighted by molar-refractivity contribution is 0.102. The van der Waals surface area contributed by atoms with Gasteiger partial charge in [0.2, 0.25) is 0 Å². The first-order chi connectivity index (χ1) is 13.0. The molecule has 136 valence electrons. The smallest absolute Gasteiger partial charge is 0.180 e. The minimum atomic E-state index is 0.0740. The fourth-order valence-electron chi connectivity index (χ4n) is 2.85. The van der Waals surface area contributed by atoms with E-state index in [-0.39, 0.29) is 5.78 Å². The summed E-state index contributed by atoms with van der Waals surface area (Å²) in [7, 11) is 4.02. The molecule has 0 saturated heterocycles. The molecule has 1 aromatic carbocycles. The van der Waals surface area contributed by atoms with Crippen molar-refractivity contribution in [1.82, 2.24) is 14.4 Å². The largest absolute Gasteiger partial charge is 0.378 e. The molecule has 0 unspecified atom stereocenters. The quantitative estimate of drug-likeness (QED) is 0.520. The summed E-state index contributed by atoms with van der Waals surface area (Å²) >= 11 is 1.47. The van der Waals surface area contributed by atoms with Crippen LogP contribution in [0.15, 0.2) is 55.0 Å². The van der Waals surface area contributed by atoms with Crippen molar-refractivity contribution in [2.45, 2.75) is 6.92 Å². The molecule has 0 aliphatic heterocycles. The summed E-state index contributed by atoms with van der Waals surface area (Å²) in [6, 6.07) is 11.9. The standard InChI is InChI=1S/C20H19N5OS/c1-13(26)17-7-8-18(27-17)16-12-22-20-19(21-9-10-25(16)20)23-14-5-4-6-15(11-14)24(2)3/h4-12H,1-3H3,(H,21,23). The van der Waals surface area contributed by atoms with Crippen molar-refractivity contribution < 1.29 is 4.79 Å². The predicted molar refractivity (Wildman–Crippen MR) is 110 cm³/mol. The second kappa shape index (κ2) is 6.85. The number of nitrogens with zero attached hydrogens (tertiary/aromatic N) is 4. The van der Waals surface area contributed by atoms with Crippen LogP contribution >= 0.6 is 11.3 Å². The third-order valence-electron chi connectivity index (χ3n) is 4.26. The van der Waals surface area contributed by atoms with Gasteiger partial charge in [-0.1, -0.05) is 6.07 Å². The van der Waals surface area contributed by atoms with Crippen molar-refractivity contribution in [3.63, 3.8) is 0 Å². The van der Waals surface area contributed by atoms with E-state index in [2.05, 4.69) is 32.3 Å². The number of fused-ring (bicyclic) bond motifs is 1. The maximum atomic E-state index is 11.6. The fourth-order valence-corrected chi connectivity index (χ4v) is 3.76. The van der Waals surface area contributed by atoms with Gasteiger partial charge in [0.15, 0.2) is 17.2 Å². The third-order valence-corrected chi connectivity index (χ3v) is 5.47. The van der Waals surface area contributed by atoms with Crippen molar-refractivity contribution in [3.8, 4) is 10.6 Å². The number of ketones is 1. The Morgan fingerprint density at radius 2 is 2.04 bits per heavy atom. The molecule has 0 aliphatic rings. The Morgan fingerprint density at radius 1 is 1.19 bits per heavy atom. The van der Waals surface area contributed by atoms with E-state index in [9.17, 15) is 4.79 Å². The highest BCUT2D eigenvalue weighted by atomic mass is 32.1. The number of anilines is 3. The van der Waals surface area contributed by atoms with E-state index in [1.807, 2.05) is 55.2 Å². The van der Waals surface area contributed by atoms with Crippen LogP contribution in [-0.2, 0) is 0 Å². The Kier molecular flexibility index (Phi) is 4.37. The summed E-state index contributed by atoms with van der Waals surface area (Å²) in [6.45, 7) is 1.58. The third kappa shape index (κ3) is 3.29. The molecular formula is C20H19N5OS. The van der Waals surface area contributed by atoms with Gasteiger partial charge in [0, 0.05) is 37.9 Å². The number of nitrogens with one attached hydrogen (secondary N) is 1. The van der Waals surface area contributed by atoms with Crippen molar-refractivity contribution >= 4 is 40.0 Å². The molecule has 27 heavy (non-hydrogen) atoms. The molecule has 0 amide bonds. The Balaban J connectivity index is 1.72. The summed E-state index contributed by atoms with van der Waals surface area (Å²) in [5.41, 5.74) is 3.73. The van der Waals surface area contributed by atoms with E-state index in [1.165, 1.54) is 11.3 Å². The number of carbonyl (C=O) groups is 1. The van der Waals surface area contributed by atoms with Gasteiger partial charge in [0.05, 0.1) is 21.6 Å². The lowest BCUT2D eigenvalue weighted by atomic mass is 10.2. The number of carbonyl (C=O) groups excluding carboxylic acids is 1. The van der Waals surface area contributed by atoms with Crippen molar-refractivity contribution in [1.29, 1.82) is 0 Å². The van der Waals surface area contributed by atoms with Gasteiger partial charge in [-0.2, -0.15) is 0 Å². The summed E-state index contributed by atoms with van der Waals surface area (Å²) < 4.78 is 1.99. The molecule has 7 heteroatoms. The highest BCUT2D eigenvalue weighted by Crippen LogP contribution is 2.31. The van der Waals surface area contributed by atoms with Crippen LogP contribution in [0.3, 0.4) is 0 Å². The zero-order valence-electron chi connectivity index (χ0n) is 15.3. The Hall–Kier alpha value is -3.19. The predicted octanol–water partition coefficient (Wildman–Crippen LogP) is 4.47. The normalized spacial score (nSPS) is 10.9. The zero-order valence-corrected chi connectivity index (χ0v) is 16.1. The van der Waals surface area contributed by atoms with Crippen LogP contribution in [0.5, 0.6) is 0 Å². The van der Waals surface area contributed by atoms with Gasteiger partial charge < -0.3 is 10.2 Å². The minimum absolute atomic E-state index is 0.0740. The monoisotopic (exact) mass is 377 g/mol. The van der Waals surface area contributed by atoms with Crippen LogP contribution < -0.4 is 10.2 Å². The van der Waals surface area contributed by atoms with Crippen LogP contribution in [-0.4, -0.2) is 34.2 Å². The summed E-state index contributed by atoms with van der Waals surface area (Å²) in [6.07, 6.45) is 5.44. The van der Waals surface area contributed by atoms with E-state index in [4.69, 9.17) is 0 Å². The van der Waals surface area contributed by atoms with Gasteiger partial charge in [-0.15, -0.1) is 11.3 Å². The molecule has 0 atom stereocenters. The first-order valence-corrected chi connectivity index (χ1v) is 9.32. The maximum absolute atomic E-state index is 11.6. The fraction of sp³-hybridized carbons (Fsp3) is 0.150. The molecule has 0 radical (unpaired) electrons. The van der Waals surface area contributed by atoms with Crippen molar-refractivity contribution in [3.05, 3.63) is 59.9 Å². The van der Waals surface area contributed by atoms with E-state index in [0.717, 1.165) is 32.5 Å². The molecule has 3 heterocycles. The molecule has 0 bridgehead atoms. The van der Waals surface area contributed by atoms with E-state index in [1.54, 1.807) is 13.1 Å². The Bertz CT molecular complexity index is 1130. The Morgan fingerprint density at radius 3 is 2.78 bits per heavy atom. The molecule has 6 nitrogen and oxygen atoms in total. The second-order valence-corrected chi connectivity index (χ2v) is 7.49. The van der Waals surface area contributed by atoms with E-state index in [0.29, 0.717) is 5.82 Å². The van der Waals surface area contributed by atoms with Gasteiger partial charge in [-0.25, -0.2) is 9.97 Å². The topological polar surface area (TPSA) is 62.5 Å². The van der Waals surface area contributed by atoms with Crippen LogP contribution in [0, 0.1) is 0 Å². The molecule has 0 fully saturated rings.